The van der Waals surface area contributed by atoms with Crippen molar-refractivity contribution in [2.45, 2.75) is 0 Å². The summed E-state index contributed by atoms with van der Waals surface area (Å²) in [5.74, 6) is 2.97. The molecule has 1 fully saturated rings. The van der Waals surface area contributed by atoms with E-state index < -0.39 is 0 Å². The molecule has 0 aliphatic carbocycles. The van der Waals surface area contributed by atoms with E-state index in [1.165, 1.54) is 0 Å². The lowest BCUT2D eigenvalue weighted by atomic mass is 10.3. The topological polar surface area (TPSA) is 72.8 Å². The summed E-state index contributed by atoms with van der Waals surface area (Å²) in [5.41, 5.74) is 0.845. The largest absolute Gasteiger partial charge is 0.495 e. The van der Waals surface area contributed by atoms with Crippen LogP contribution in [0.25, 0.3) is 10.2 Å². The van der Waals surface area contributed by atoms with Gasteiger partial charge in [-0.05, 0) is 12.1 Å². The number of nitrogens with zero attached hydrogens (tertiary/aromatic N) is 5. The van der Waals surface area contributed by atoms with Crippen molar-refractivity contribution in [3.63, 3.8) is 0 Å². The Kier molecular flexibility index (Phi) is 4.85. The minimum atomic E-state index is 0.662. The van der Waals surface area contributed by atoms with Crippen LogP contribution in [-0.2, 0) is 0 Å². The van der Waals surface area contributed by atoms with E-state index >= 15 is 0 Å². The fourth-order valence-corrected chi connectivity index (χ4v) is 4.21. The highest BCUT2D eigenvalue weighted by Gasteiger charge is 2.23. The van der Waals surface area contributed by atoms with Gasteiger partial charge in [-0.15, -0.1) is 0 Å². The molecule has 142 valence electrons. The predicted molar refractivity (Wildman–Crippen MR) is 106 cm³/mol. The van der Waals surface area contributed by atoms with Gasteiger partial charge in [0.15, 0.2) is 10.9 Å². The van der Waals surface area contributed by atoms with Gasteiger partial charge in [0.1, 0.15) is 21.7 Å². The molecule has 0 bridgehead atoms. The van der Waals surface area contributed by atoms with Crippen LogP contribution in [0, 0.1) is 0 Å². The molecule has 0 N–H and O–H groups in total. The molecule has 0 amide bonds. The number of fused-ring (bicyclic) bond motifs is 1. The maximum absolute atomic E-state index is 5.48. The van der Waals surface area contributed by atoms with Crippen LogP contribution in [0.2, 0.25) is 0 Å². The van der Waals surface area contributed by atoms with E-state index in [1.807, 2.05) is 12.1 Å². The summed E-state index contributed by atoms with van der Waals surface area (Å²) in [4.78, 5) is 18.0. The molecule has 0 atom stereocenters. The Morgan fingerprint density at radius 1 is 0.852 bits per heavy atom. The number of hydrogen-bond donors (Lipinski definition) is 0. The summed E-state index contributed by atoms with van der Waals surface area (Å²) in [6.07, 6.45) is 3.39. The Bertz CT molecular complexity index is 882. The van der Waals surface area contributed by atoms with Gasteiger partial charge in [-0.1, -0.05) is 11.3 Å². The predicted octanol–water partition coefficient (Wildman–Crippen LogP) is 2.44. The van der Waals surface area contributed by atoms with Crippen LogP contribution in [0.4, 0.5) is 11.1 Å². The van der Waals surface area contributed by atoms with Crippen molar-refractivity contribution in [3.8, 4) is 17.2 Å². The number of piperazine rings is 1. The van der Waals surface area contributed by atoms with Gasteiger partial charge in [-0.25, -0.2) is 15.0 Å². The highest BCUT2D eigenvalue weighted by atomic mass is 32.1. The average Bonchev–Trinajstić information content (AvgIpc) is 3.19. The summed E-state index contributed by atoms with van der Waals surface area (Å²) in [5, 5.41) is 0.975. The zero-order chi connectivity index (χ0) is 18.8. The monoisotopic (exact) mass is 387 g/mol. The number of methoxy groups -OCH3 is 3. The first-order valence-corrected chi connectivity index (χ1v) is 9.42. The standard InChI is InChI=1S/C18H21N5O3S/c1-24-12-10-19-17(20-11-12)22-6-8-23(9-7-22)18-21-15-13(25-2)4-5-14(26-3)16(15)27-18/h4-5,10-11H,6-9H2,1-3H3. The lowest BCUT2D eigenvalue weighted by Crippen LogP contribution is -2.47. The molecule has 27 heavy (non-hydrogen) atoms. The smallest absolute Gasteiger partial charge is 0.225 e. The Hall–Kier alpha value is -2.81. The van der Waals surface area contributed by atoms with Gasteiger partial charge in [0.2, 0.25) is 5.95 Å². The highest BCUT2D eigenvalue weighted by Crippen LogP contribution is 2.40. The van der Waals surface area contributed by atoms with Crippen molar-refractivity contribution >= 4 is 32.6 Å². The summed E-state index contributed by atoms with van der Waals surface area (Å²) < 4.78 is 17.1. The molecule has 1 aromatic carbocycles. The first-order valence-electron chi connectivity index (χ1n) is 8.61. The molecule has 0 saturated carbocycles. The second-order valence-corrected chi connectivity index (χ2v) is 7.02. The number of thiazole rings is 1. The van der Waals surface area contributed by atoms with Gasteiger partial charge in [-0.3, -0.25) is 0 Å². The zero-order valence-corrected chi connectivity index (χ0v) is 16.3. The van der Waals surface area contributed by atoms with Crippen molar-refractivity contribution in [2.75, 3.05) is 57.3 Å². The first-order chi connectivity index (χ1) is 13.2. The molecular weight excluding hydrogens is 366 g/mol. The SMILES string of the molecule is COc1cnc(N2CCN(c3nc4c(OC)ccc(OC)c4s3)CC2)nc1. The minimum Gasteiger partial charge on any atom is -0.495 e. The Balaban J connectivity index is 1.52. The molecule has 0 spiro atoms. The van der Waals surface area contributed by atoms with Gasteiger partial charge in [0.25, 0.3) is 0 Å². The van der Waals surface area contributed by atoms with E-state index in [-0.39, 0.29) is 0 Å². The number of benzene rings is 1. The van der Waals surface area contributed by atoms with Crippen molar-refractivity contribution in [3.05, 3.63) is 24.5 Å². The van der Waals surface area contributed by atoms with E-state index in [0.717, 1.165) is 59.0 Å². The summed E-state index contributed by atoms with van der Waals surface area (Å²) in [6, 6.07) is 3.81. The van der Waals surface area contributed by atoms with Gasteiger partial charge >= 0.3 is 0 Å². The van der Waals surface area contributed by atoms with Crippen molar-refractivity contribution in [1.82, 2.24) is 15.0 Å². The fourth-order valence-electron chi connectivity index (χ4n) is 3.09. The average molecular weight is 387 g/mol. The second kappa shape index (κ2) is 7.43. The van der Waals surface area contributed by atoms with Crippen LogP contribution in [0.3, 0.4) is 0 Å². The van der Waals surface area contributed by atoms with Gasteiger partial charge in [0, 0.05) is 26.2 Å². The summed E-state index contributed by atoms with van der Waals surface area (Å²) >= 11 is 1.63. The van der Waals surface area contributed by atoms with E-state index in [1.54, 1.807) is 45.1 Å². The molecule has 8 nitrogen and oxygen atoms in total. The van der Waals surface area contributed by atoms with Crippen LogP contribution in [0.1, 0.15) is 0 Å². The number of aromatic nitrogens is 3. The summed E-state index contributed by atoms with van der Waals surface area (Å²) in [6.45, 7) is 3.35. The number of hydrogen-bond acceptors (Lipinski definition) is 9. The molecule has 3 aromatic rings. The molecule has 1 aliphatic heterocycles. The third-order valence-corrected chi connectivity index (χ3v) is 5.71. The first kappa shape index (κ1) is 17.6. The van der Waals surface area contributed by atoms with Crippen molar-refractivity contribution in [2.24, 2.45) is 0 Å². The third kappa shape index (κ3) is 3.30. The second-order valence-electron chi connectivity index (χ2n) is 6.04. The third-order valence-electron chi connectivity index (χ3n) is 4.58. The molecule has 1 aliphatic rings. The van der Waals surface area contributed by atoms with E-state index in [4.69, 9.17) is 19.2 Å². The van der Waals surface area contributed by atoms with Crippen molar-refractivity contribution in [1.29, 1.82) is 0 Å². The number of rotatable bonds is 5. The van der Waals surface area contributed by atoms with Gasteiger partial charge < -0.3 is 24.0 Å². The van der Waals surface area contributed by atoms with Crippen LogP contribution < -0.4 is 24.0 Å². The number of ether oxygens (including phenoxy) is 3. The summed E-state index contributed by atoms with van der Waals surface area (Å²) in [7, 11) is 4.95. The molecule has 4 rings (SSSR count). The quantitative estimate of drug-likeness (QED) is 0.661. The Morgan fingerprint density at radius 2 is 1.48 bits per heavy atom. The van der Waals surface area contributed by atoms with Gasteiger partial charge in [0.05, 0.1) is 33.7 Å². The number of anilines is 2. The fraction of sp³-hybridized carbons (Fsp3) is 0.389. The molecule has 1 saturated heterocycles. The molecule has 0 radical (unpaired) electrons. The van der Waals surface area contributed by atoms with E-state index in [0.29, 0.717) is 5.75 Å². The normalized spacial score (nSPS) is 14.5. The van der Waals surface area contributed by atoms with E-state index in [2.05, 4.69) is 19.8 Å². The van der Waals surface area contributed by atoms with Crippen LogP contribution in [0.5, 0.6) is 17.2 Å². The van der Waals surface area contributed by atoms with Crippen molar-refractivity contribution < 1.29 is 14.2 Å². The lowest BCUT2D eigenvalue weighted by molar-refractivity contribution is 0.410. The molecule has 9 heteroatoms. The lowest BCUT2D eigenvalue weighted by Gasteiger charge is -2.34. The van der Waals surface area contributed by atoms with Crippen LogP contribution in [-0.4, -0.2) is 62.5 Å². The molecular formula is C18H21N5O3S. The zero-order valence-electron chi connectivity index (χ0n) is 15.5. The Morgan fingerprint density at radius 3 is 2.11 bits per heavy atom. The Labute approximate surface area is 161 Å². The minimum absolute atomic E-state index is 0.662. The molecule has 2 aromatic heterocycles. The van der Waals surface area contributed by atoms with Crippen LogP contribution >= 0.6 is 11.3 Å². The van der Waals surface area contributed by atoms with E-state index in [9.17, 15) is 0 Å². The maximum atomic E-state index is 5.48. The molecule has 0 unspecified atom stereocenters. The van der Waals surface area contributed by atoms with Crippen LogP contribution in [0.15, 0.2) is 24.5 Å². The highest BCUT2D eigenvalue weighted by molar-refractivity contribution is 7.22. The maximum Gasteiger partial charge on any atom is 0.225 e. The molecule has 3 heterocycles. The van der Waals surface area contributed by atoms with Gasteiger partial charge in [-0.2, -0.15) is 0 Å².